The first-order chi connectivity index (χ1) is 7.18. The van der Waals surface area contributed by atoms with Crippen molar-refractivity contribution >= 4 is 5.69 Å². The average molecular weight is 202 g/mol. The van der Waals surface area contributed by atoms with Gasteiger partial charge in [-0.25, -0.2) is 4.39 Å². The zero-order chi connectivity index (χ0) is 10.8. The topological polar surface area (TPSA) is 38.9 Å². The maximum atomic E-state index is 13.4. The SMILES string of the molecule is Cc1c(N)cc(-c2cccnc2)cc1F. The summed E-state index contributed by atoms with van der Waals surface area (Å²) in [6.45, 7) is 1.66. The molecule has 3 heteroatoms. The lowest BCUT2D eigenvalue weighted by Gasteiger charge is -2.06. The first kappa shape index (κ1) is 9.65. The summed E-state index contributed by atoms with van der Waals surface area (Å²) in [6, 6.07) is 6.91. The van der Waals surface area contributed by atoms with Gasteiger partial charge in [-0.1, -0.05) is 6.07 Å². The second kappa shape index (κ2) is 3.69. The van der Waals surface area contributed by atoms with E-state index in [1.165, 1.54) is 6.07 Å². The van der Waals surface area contributed by atoms with Crippen LogP contribution in [0.3, 0.4) is 0 Å². The van der Waals surface area contributed by atoms with Gasteiger partial charge in [0, 0.05) is 29.2 Å². The van der Waals surface area contributed by atoms with Gasteiger partial charge in [0.05, 0.1) is 0 Å². The van der Waals surface area contributed by atoms with Crippen molar-refractivity contribution in [3.8, 4) is 11.1 Å². The van der Waals surface area contributed by atoms with Gasteiger partial charge in [-0.3, -0.25) is 4.98 Å². The Morgan fingerprint density at radius 2 is 2.07 bits per heavy atom. The van der Waals surface area contributed by atoms with Crippen molar-refractivity contribution in [3.05, 3.63) is 48.0 Å². The quantitative estimate of drug-likeness (QED) is 0.722. The van der Waals surface area contributed by atoms with Crippen molar-refractivity contribution < 1.29 is 4.39 Å². The Hall–Kier alpha value is -1.90. The molecule has 1 aromatic heterocycles. The summed E-state index contributed by atoms with van der Waals surface area (Å²) in [6.07, 6.45) is 3.36. The van der Waals surface area contributed by atoms with E-state index in [2.05, 4.69) is 4.98 Å². The highest BCUT2D eigenvalue weighted by molar-refractivity contribution is 5.68. The van der Waals surface area contributed by atoms with Crippen LogP contribution in [0.5, 0.6) is 0 Å². The molecule has 0 radical (unpaired) electrons. The maximum Gasteiger partial charge on any atom is 0.128 e. The van der Waals surface area contributed by atoms with Crippen LogP contribution < -0.4 is 5.73 Å². The van der Waals surface area contributed by atoms with Gasteiger partial charge in [0.1, 0.15) is 5.82 Å². The molecule has 0 unspecified atom stereocenters. The minimum absolute atomic E-state index is 0.283. The Bertz CT molecular complexity index is 457. The highest BCUT2D eigenvalue weighted by Gasteiger charge is 2.05. The maximum absolute atomic E-state index is 13.4. The van der Waals surface area contributed by atoms with Crippen LogP contribution in [0.1, 0.15) is 5.56 Å². The molecule has 0 aliphatic rings. The molecule has 0 fully saturated rings. The van der Waals surface area contributed by atoms with E-state index in [0.717, 1.165) is 11.1 Å². The van der Waals surface area contributed by atoms with Gasteiger partial charge in [0.25, 0.3) is 0 Å². The number of aromatic nitrogens is 1. The average Bonchev–Trinajstić information content (AvgIpc) is 2.26. The highest BCUT2D eigenvalue weighted by atomic mass is 19.1. The molecule has 0 spiro atoms. The first-order valence-electron chi connectivity index (χ1n) is 4.64. The number of anilines is 1. The lowest BCUT2D eigenvalue weighted by Crippen LogP contribution is -1.94. The Labute approximate surface area is 87.6 Å². The van der Waals surface area contributed by atoms with E-state index in [1.54, 1.807) is 25.4 Å². The molecular weight excluding hydrogens is 191 g/mol. The highest BCUT2D eigenvalue weighted by Crippen LogP contribution is 2.25. The van der Waals surface area contributed by atoms with Crippen LogP contribution >= 0.6 is 0 Å². The van der Waals surface area contributed by atoms with Crippen molar-refractivity contribution in [1.82, 2.24) is 4.98 Å². The van der Waals surface area contributed by atoms with Gasteiger partial charge >= 0.3 is 0 Å². The molecule has 0 saturated heterocycles. The van der Waals surface area contributed by atoms with E-state index in [9.17, 15) is 4.39 Å². The van der Waals surface area contributed by atoms with E-state index in [4.69, 9.17) is 5.73 Å². The molecule has 15 heavy (non-hydrogen) atoms. The van der Waals surface area contributed by atoms with Crippen LogP contribution in [0.15, 0.2) is 36.7 Å². The fourth-order valence-electron chi connectivity index (χ4n) is 1.40. The fraction of sp³-hybridized carbons (Fsp3) is 0.0833. The van der Waals surface area contributed by atoms with Crippen molar-refractivity contribution in [2.24, 2.45) is 0 Å². The van der Waals surface area contributed by atoms with Crippen molar-refractivity contribution in [1.29, 1.82) is 0 Å². The summed E-state index contributed by atoms with van der Waals surface area (Å²) in [5.41, 5.74) is 8.27. The monoisotopic (exact) mass is 202 g/mol. The van der Waals surface area contributed by atoms with Crippen LogP contribution in [-0.4, -0.2) is 4.98 Å². The summed E-state index contributed by atoms with van der Waals surface area (Å²) in [5, 5.41) is 0. The van der Waals surface area contributed by atoms with E-state index in [0.29, 0.717) is 11.3 Å². The molecule has 0 aliphatic carbocycles. The lowest BCUT2D eigenvalue weighted by molar-refractivity contribution is 0.620. The summed E-state index contributed by atoms with van der Waals surface area (Å²) in [5.74, 6) is -0.283. The third kappa shape index (κ3) is 1.81. The van der Waals surface area contributed by atoms with Crippen molar-refractivity contribution in [3.63, 3.8) is 0 Å². The number of nitrogens with two attached hydrogens (primary N) is 1. The normalized spacial score (nSPS) is 10.3. The zero-order valence-electron chi connectivity index (χ0n) is 8.37. The fourth-order valence-corrected chi connectivity index (χ4v) is 1.40. The van der Waals surface area contributed by atoms with Crippen molar-refractivity contribution in [2.45, 2.75) is 6.92 Å². The summed E-state index contributed by atoms with van der Waals surface area (Å²) < 4.78 is 13.4. The molecule has 0 amide bonds. The Balaban J connectivity index is 2.56. The molecule has 0 aliphatic heterocycles. The van der Waals surface area contributed by atoms with E-state index in [-0.39, 0.29) is 5.82 Å². The predicted molar refractivity (Wildman–Crippen MR) is 58.8 cm³/mol. The standard InChI is InChI=1S/C12H11FN2/c1-8-11(13)5-10(6-12(8)14)9-3-2-4-15-7-9/h2-7H,14H2,1H3. The predicted octanol–water partition coefficient (Wildman–Crippen LogP) is 2.78. The number of nitrogen functional groups attached to an aromatic ring is 1. The molecule has 1 aromatic carbocycles. The minimum atomic E-state index is -0.283. The molecule has 76 valence electrons. The molecule has 1 heterocycles. The first-order valence-corrected chi connectivity index (χ1v) is 4.64. The summed E-state index contributed by atoms with van der Waals surface area (Å²) in [4.78, 5) is 3.98. The number of benzene rings is 1. The molecule has 2 rings (SSSR count). The molecule has 0 atom stereocenters. The second-order valence-corrected chi connectivity index (χ2v) is 3.41. The van der Waals surface area contributed by atoms with Gasteiger partial charge in [-0.15, -0.1) is 0 Å². The van der Waals surface area contributed by atoms with Crippen molar-refractivity contribution in [2.75, 3.05) is 5.73 Å². The van der Waals surface area contributed by atoms with Crippen LogP contribution in [-0.2, 0) is 0 Å². The molecule has 2 aromatic rings. The molecular formula is C12H11FN2. The molecule has 2 nitrogen and oxygen atoms in total. The van der Waals surface area contributed by atoms with Gasteiger partial charge in [-0.2, -0.15) is 0 Å². The third-order valence-electron chi connectivity index (χ3n) is 2.38. The van der Waals surface area contributed by atoms with E-state index in [1.807, 2.05) is 12.1 Å². The largest absolute Gasteiger partial charge is 0.398 e. The Morgan fingerprint density at radius 3 is 2.67 bits per heavy atom. The Morgan fingerprint density at radius 1 is 1.27 bits per heavy atom. The number of nitrogens with zero attached hydrogens (tertiary/aromatic N) is 1. The summed E-state index contributed by atoms with van der Waals surface area (Å²) in [7, 11) is 0. The van der Waals surface area contributed by atoms with Crippen LogP contribution in [0.4, 0.5) is 10.1 Å². The molecule has 2 N–H and O–H groups in total. The number of halogens is 1. The van der Waals surface area contributed by atoms with E-state index < -0.39 is 0 Å². The Kier molecular flexibility index (Phi) is 2.37. The third-order valence-corrected chi connectivity index (χ3v) is 2.38. The number of hydrogen-bond donors (Lipinski definition) is 1. The minimum Gasteiger partial charge on any atom is -0.398 e. The van der Waals surface area contributed by atoms with Crippen LogP contribution in [0.2, 0.25) is 0 Å². The van der Waals surface area contributed by atoms with Gasteiger partial charge in [0.15, 0.2) is 0 Å². The second-order valence-electron chi connectivity index (χ2n) is 3.41. The number of hydrogen-bond acceptors (Lipinski definition) is 2. The van der Waals surface area contributed by atoms with Gasteiger partial charge in [-0.05, 0) is 30.7 Å². The van der Waals surface area contributed by atoms with Gasteiger partial charge in [0.2, 0.25) is 0 Å². The smallest absolute Gasteiger partial charge is 0.128 e. The lowest BCUT2D eigenvalue weighted by atomic mass is 10.0. The van der Waals surface area contributed by atoms with Crippen LogP contribution in [0, 0.1) is 12.7 Å². The summed E-state index contributed by atoms with van der Waals surface area (Å²) >= 11 is 0. The van der Waals surface area contributed by atoms with Crippen LogP contribution in [0.25, 0.3) is 11.1 Å². The zero-order valence-corrected chi connectivity index (χ0v) is 8.37. The number of rotatable bonds is 1. The molecule has 0 bridgehead atoms. The molecule has 0 saturated carbocycles. The van der Waals surface area contributed by atoms with Gasteiger partial charge < -0.3 is 5.73 Å². The van der Waals surface area contributed by atoms with E-state index >= 15 is 0 Å². The number of pyridine rings is 1.